The molecular formula is C16H14N2O3S. The quantitative estimate of drug-likeness (QED) is 0.830. The molecule has 0 unspecified atom stereocenters. The van der Waals surface area contributed by atoms with E-state index >= 15 is 0 Å². The number of rotatable bonds is 6. The number of ether oxygens (including phenoxy) is 2. The van der Waals surface area contributed by atoms with E-state index in [1.54, 1.807) is 24.3 Å². The van der Waals surface area contributed by atoms with Gasteiger partial charge in [-0.2, -0.15) is 16.6 Å². The normalized spacial score (nSPS) is 10.2. The zero-order valence-electron chi connectivity index (χ0n) is 11.9. The summed E-state index contributed by atoms with van der Waals surface area (Å²) < 4.78 is 10.4. The van der Waals surface area contributed by atoms with Crippen molar-refractivity contribution in [3.8, 4) is 17.6 Å². The molecule has 2 rings (SSSR count). The highest BCUT2D eigenvalue weighted by atomic mass is 32.1. The first-order chi connectivity index (χ1) is 10.7. The molecule has 0 spiro atoms. The highest BCUT2D eigenvalue weighted by Gasteiger charge is 2.05. The van der Waals surface area contributed by atoms with Gasteiger partial charge in [-0.1, -0.05) is 6.07 Å². The van der Waals surface area contributed by atoms with Crippen LogP contribution < -0.4 is 14.8 Å². The van der Waals surface area contributed by atoms with E-state index in [-0.39, 0.29) is 12.5 Å². The van der Waals surface area contributed by atoms with Crippen molar-refractivity contribution >= 4 is 29.0 Å². The molecule has 6 heteroatoms. The van der Waals surface area contributed by atoms with Gasteiger partial charge in [0.2, 0.25) is 5.91 Å². The van der Waals surface area contributed by atoms with Crippen molar-refractivity contribution in [3.63, 3.8) is 0 Å². The smallest absolute Gasteiger partial charge is 0.248 e. The molecule has 1 aromatic carbocycles. The zero-order valence-corrected chi connectivity index (χ0v) is 12.7. The second-order valence-electron chi connectivity index (χ2n) is 4.19. The van der Waals surface area contributed by atoms with Gasteiger partial charge in [0.1, 0.15) is 6.07 Å². The average molecular weight is 314 g/mol. The van der Waals surface area contributed by atoms with Crippen molar-refractivity contribution in [1.82, 2.24) is 0 Å². The predicted molar refractivity (Wildman–Crippen MR) is 86.1 cm³/mol. The van der Waals surface area contributed by atoms with Crippen LogP contribution in [0.25, 0.3) is 6.08 Å². The molecule has 0 fully saturated rings. The fraction of sp³-hybridized carbons (Fsp3) is 0.125. The van der Waals surface area contributed by atoms with Crippen molar-refractivity contribution in [1.29, 1.82) is 5.26 Å². The summed E-state index contributed by atoms with van der Waals surface area (Å²) in [6, 6.07) is 8.95. The standard InChI is InChI=1S/C16H14N2O3S/c1-20-15-10-12(2-4-14(15)21-8-7-17)3-5-16(19)18-13-6-9-22-11-13/h2-6,9-11H,8H2,1H3,(H,18,19). The average Bonchev–Trinajstić information content (AvgIpc) is 3.04. The molecule has 1 N–H and O–H groups in total. The number of hydrogen-bond acceptors (Lipinski definition) is 5. The number of carbonyl (C=O) groups is 1. The second kappa shape index (κ2) is 7.86. The van der Waals surface area contributed by atoms with Crippen LogP contribution in [0.3, 0.4) is 0 Å². The van der Waals surface area contributed by atoms with Crippen LogP contribution in [-0.4, -0.2) is 19.6 Å². The number of amides is 1. The number of thiophene rings is 1. The van der Waals surface area contributed by atoms with Gasteiger partial charge >= 0.3 is 0 Å². The Morgan fingerprint density at radius 3 is 2.95 bits per heavy atom. The number of methoxy groups -OCH3 is 1. The Bertz CT molecular complexity index is 703. The molecule has 0 atom stereocenters. The third kappa shape index (κ3) is 4.36. The molecule has 0 aliphatic heterocycles. The number of anilines is 1. The first-order valence-electron chi connectivity index (χ1n) is 6.42. The highest BCUT2D eigenvalue weighted by Crippen LogP contribution is 2.28. The maximum Gasteiger partial charge on any atom is 0.248 e. The van der Waals surface area contributed by atoms with Gasteiger partial charge in [0.25, 0.3) is 0 Å². The fourth-order valence-corrected chi connectivity index (χ4v) is 2.30. The maximum atomic E-state index is 11.8. The van der Waals surface area contributed by atoms with Crippen LogP contribution >= 0.6 is 11.3 Å². The summed E-state index contributed by atoms with van der Waals surface area (Å²) in [5, 5.41) is 15.0. The molecule has 22 heavy (non-hydrogen) atoms. The lowest BCUT2D eigenvalue weighted by Gasteiger charge is -2.08. The molecule has 0 bridgehead atoms. The molecule has 2 aromatic rings. The molecular weight excluding hydrogens is 300 g/mol. The number of nitrogens with one attached hydrogen (secondary N) is 1. The van der Waals surface area contributed by atoms with Gasteiger partial charge in [0, 0.05) is 11.5 Å². The summed E-state index contributed by atoms with van der Waals surface area (Å²) >= 11 is 1.52. The van der Waals surface area contributed by atoms with Crippen LogP contribution in [0.2, 0.25) is 0 Å². The van der Waals surface area contributed by atoms with Crippen LogP contribution in [0.15, 0.2) is 41.1 Å². The topological polar surface area (TPSA) is 71.3 Å². The molecule has 5 nitrogen and oxygen atoms in total. The van der Waals surface area contributed by atoms with E-state index in [0.29, 0.717) is 11.5 Å². The third-order valence-electron chi connectivity index (χ3n) is 2.70. The van der Waals surface area contributed by atoms with E-state index in [1.807, 2.05) is 22.9 Å². The summed E-state index contributed by atoms with van der Waals surface area (Å²) in [6.45, 7) is -0.0470. The molecule has 112 valence electrons. The number of benzene rings is 1. The largest absolute Gasteiger partial charge is 0.493 e. The van der Waals surface area contributed by atoms with Gasteiger partial charge in [0.15, 0.2) is 18.1 Å². The maximum absolute atomic E-state index is 11.8. The third-order valence-corrected chi connectivity index (χ3v) is 3.38. The Balaban J connectivity index is 2.04. The van der Waals surface area contributed by atoms with Crippen molar-refractivity contribution in [2.24, 2.45) is 0 Å². The SMILES string of the molecule is COc1cc(C=CC(=O)Nc2ccsc2)ccc1OCC#N. The minimum absolute atomic E-state index is 0.0470. The predicted octanol–water partition coefficient (Wildman–Crippen LogP) is 3.31. The Labute approximate surface area is 132 Å². The molecule has 0 aliphatic rings. The van der Waals surface area contributed by atoms with Crippen molar-refractivity contribution in [2.45, 2.75) is 0 Å². The first-order valence-corrected chi connectivity index (χ1v) is 7.36. The molecule has 1 amide bonds. The van der Waals surface area contributed by atoms with Gasteiger partial charge in [-0.15, -0.1) is 0 Å². The number of nitrogens with zero attached hydrogens (tertiary/aromatic N) is 1. The lowest BCUT2D eigenvalue weighted by Crippen LogP contribution is -2.06. The Morgan fingerprint density at radius 2 is 2.27 bits per heavy atom. The molecule has 0 saturated heterocycles. The van der Waals surface area contributed by atoms with Gasteiger partial charge < -0.3 is 14.8 Å². The minimum Gasteiger partial charge on any atom is -0.493 e. The van der Waals surface area contributed by atoms with Crippen LogP contribution in [-0.2, 0) is 4.79 Å². The van der Waals surface area contributed by atoms with Crippen LogP contribution in [0.1, 0.15) is 5.56 Å². The lowest BCUT2D eigenvalue weighted by atomic mass is 10.2. The summed E-state index contributed by atoms with van der Waals surface area (Å²) in [5.74, 6) is 0.793. The van der Waals surface area contributed by atoms with Gasteiger partial charge in [-0.3, -0.25) is 4.79 Å². The highest BCUT2D eigenvalue weighted by molar-refractivity contribution is 7.08. The van der Waals surface area contributed by atoms with E-state index in [0.717, 1.165) is 11.3 Å². The Kier molecular flexibility index (Phi) is 5.57. The second-order valence-corrected chi connectivity index (χ2v) is 4.97. The van der Waals surface area contributed by atoms with Gasteiger partial charge in [-0.05, 0) is 35.2 Å². The summed E-state index contributed by atoms with van der Waals surface area (Å²) in [4.78, 5) is 11.8. The van der Waals surface area contributed by atoms with Gasteiger partial charge in [0.05, 0.1) is 12.8 Å². The molecule has 1 heterocycles. The van der Waals surface area contributed by atoms with Gasteiger partial charge in [-0.25, -0.2) is 0 Å². The number of carbonyl (C=O) groups excluding carboxylic acids is 1. The number of nitriles is 1. The minimum atomic E-state index is -0.206. The van der Waals surface area contributed by atoms with Crippen LogP contribution in [0, 0.1) is 11.3 Å². The number of hydrogen-bond donors (Lipinski definition) is 1. The molecule has 0 aliphatic carbocycles. The van der Waals surface area contributed by atoms with Crippen molar-refractivity contribution in [2.75, 3.05) is 19.0 Å². The Morgan fingerprint density at radius 1 is 1.41 bits per heavy atom. The zero-order chi connectivity index (χ0) is 15.8. The molecule has 1 aromatic heterocycles. The van der Waals surface area contributed by atoms with Crippen LogP contribution in [0.5, 0.6) is 11.5 Å². The van der Waals surface area contributed by atoms with E-state index < -0.39 is 0 Å². The van der Waals surface area contributed by atoms with E-state index in [2.05, 4.69) is 5.32 Å². The molecule has 0 radical (unpaired) electrons. The summed E-state index contributed by atoms with van der Waals surface area (Å²) in [5.41, 5.74) is 1.57. The van der Waals surface area contributed by atoms with Crippen LogP contribution in [0.4, 0.5) is 5.69 Å². The monoisotopic (exact) mass is 314 g/mol. The van der Waals surface area contributed by atoms with E-state index in [4.69, 9.17) is 14.7 Å². The summed E-state index contributed by atoms with van der Waals surface area (Å²) in [6.07, 6.45) is 3.13. The Hall–Kier alpha value is -2.78. The molecule has 0 saturated carbocycles. The lowest BCUT2D eigenvalue weighted by molar-refractivity contribution is -0.111. The first kappa shape index (κ1) is 15.6. The van der Waals surface area contributed by atoms with Crippen molar-refractivity contribution < 1.29 is 14.3 Å². The van der Waals surface area contributed by atoms with Crippen molar-refractivity contribution in [3.05, 3.63) is 46.7 Å². The fourth-order valence-electron chi connectivity index (χ4n) is 1.71. The van der Waals surface area contributed by atoms with E-state index in [1.165, 1.54) is 24.5 Å². The summed E-state index contributed by atoms with van der Waals surface area (Å²) in [7, 11) is 1.52. The van der Waals surface area contributed by atoms with E-state index in [9.17, 15) is 4.79 Å².